The molecular formula is C10H23N3O2S2. The third kappa shape index (κ3) is 17.9. The molecule has 0 unspecified atom stereocenters. The first-order chi connectivity index (χ1) is 7.95. The largest absolute Gasteiger partial charge is 0.487 e. The zero-order valence-corrected chi connectivity index (χ0v) is 12.1. The van der Waals surface area contributed by atoms with E-state index in [1.165, 1.54) is 25.9 Å². The first kappa shape index (κ1) is 18.7. The third-order valence-electron chi connectivity index (χ3n) is 1.99. The van der Waals surface area contributed by atoms with Crippen molar-refractivity contribution in [2.45, 2.75) is 26.7 Å². The van der Waals surface area contributed by atoms with E-state index in [9.17, 15) is 0 Å². The zero-order chi connectivity index (χ0) is 13.7. The molecule has 1 heterocycles. The van der Waals surface area contributed by atoms with Crippen molar-refractivity contribution in [3.05, 3.63) is 0 Å². The number of nitrogens with zero attached hydrogens (tertiary/aromatic N) is 1. The van der Waals surface area contributed by atoms with Crippen LogP contribution in [-0.2, 0) is 0 Å². The molecule has 5 N–H and O–H groups in total. The second kappa shape index (κ2) is 13.4. The summed E-state index contributed by atoms with van der Waals surface area (Å²) in [5, 5.41) is 19.0. The molecule has 0 atom stereocenters. The lowest BCUT2D eigenvalue weighted by molar-refractivity contribution is 0.371. The molecule has 17 heavy (non-hydrogen) atoms. The summed E-state index contributed by atoms with van der Waals surface area (Å²) in [5.74, 6) is 0. The van der Waals surface area contributed by atoms with Crippen molar-refractivity contribution in [1.82, 2.24) is 10.2 Å². The Bertz CT molecular complexity index is 196. The van der Waals surface area contributed by atoms with Crippen LogP contribution in [0.3, 0.4) is 0 Å². The molecule has 1 aliphatic rings. The quantitative estimate of drug-likeness (QED) is 0.568. The van der Waals surface area contributed by atoms with E-state index in [1.54, 1.807) is 4.90 Å². The first-order valence-electron chi connectivity index (χ1n) is 5.62. The maximum absolute atomic E-state index is 8.67. The van der Waals surface area contributed by atoms with Crippen LogP contribution in [0, 0.1) is 0 Å². The van der Waals surface area contributed by atoms with Crippen molar-refractivity contribution >= 4 is 34.8 Å². The fourth-order valence-electron chi connectivity index (χ4n) is 1.12. The van der Waals surface area contributed by atoms with Crippen LogP contribution in [0.5, 0.6) is 0 Å². The number of aliphatic hydroxyl groups excluding tert-OH is 2. The smallest absolute Gasteiger partial charge is 0.256 e. The molecule has 1 aliphatic heterocycles. The molecule has 0 aromatic rings. The maximum atomic E-state index is 8.67. The number of rotatable bonds is 2. The zero-order valence-electron chi connectivity index (χ0n) is 10.5. The molecular weight excluding hydrogens is 258 g/mol. The van der Waals surface area contributed by atoms with E-state index in [0.29, 0.717) is 0 Å². The minimum Gasteiger partial charge on any atom is -0.487 e. The number of thiocarbonyl (C=S) groups is 2. The molecule has 5 nitrogen and oxygen atoms in total. The average molecular weight is 281 g/mol. The predicted octanol–water partition coefficient (Wildman–Crippen LogP) is 1.33. The molecule has 0 aliphatic carbocycles. The van der Waals surface area contributed by atoms with Crippen molar-refractivity contribution in [2.24, 2.45) is 5.73 Å². The van der Waals surface area contributed by atoms with Gasteiger partial charge in [0, 0.05) is 13.1 Å². The van der Waals surface area contributed by atoms with Crippen LogP contribution in [0.1, 0.15) is 26.7 Å². The second-order valence-corrected chi connectivity index (χ2v) is 4.03. The van der Waals surface area contributed by atoms with Gasteiger partial charge in [0.15, 0.2) is 0 Å². The highest BCUT2D eigenvalue weighted by molar-refractivity contribution is 7.80. The molecule has 1 saturated heterocycles. The number of hydrogen-bond acceptors (Lipinski definition) is 3. The van der Waals surface area contributed by atoms with E-state index in [2.05, 4.69) is 35.5 Å². The molecule has 0 spiro atoms. The van der Waals surface area contributed by atoms with Gasteiger partial charge in [-0.05, 0) is 64.2 Å². The molecule has 1 rings (SSSR count). The summed E-state index contributed by atoms with van der Waals surface area (Å²) in [5.41, 5.74) is 4.40. The minimum absolute atomic E-state index is 0.00463. The van der Waals surface area contributed by atoms with E-state index in [-0.39, 0.29) is 5.17 Å². The number of nitrogens with one attached hydrogen (secondary N) is 1. The van der Waals surface area contributed by atoms with E-state index in [1.807, 2.05) is 13.8 Å². The molecule has 0 radical (unpaired) electrons. The Hall–Kier alpha value is -0.660. The lowest BCUT2D eigenvalue weighted by Gasteiger charge is -2.15. The molecule has 0 saturated carbocycles. The van der Waals surface area contributed by atoms with Crippen molar-refractivity contribution in [2.75, 3.05) is 26.2 Å². The van der Waals surface area contributed by atoms with E-state index < -0.39 is 5.17 Å². The van der Waals surface area contributed by atoms with Gasteiger partial charge >= 0.3 is 0 Å². The Morgan fingerprint density at radius 1 is 1.18 bits per heavy atom. The average Bonchev–Trinajstić information content (AvgIpc) is 2.75. The minimum atomic E-state index is -0.500. The second-order valence-electron chi connectivity index (χ2n) is 3.25. The van der Waals surface area contributed by atoms with Crippen LogP contribution in [-0.4, -0.2) is 51.6 Å². The van der Waals surface area contributed by atoms with Crippen LogP contribution in [0.4, 0.5) is 0 Å². The molecule has 0 bridgehead atoms. The molecule has 0 aromatic carbocycles. The van der Waals surface area contributed by atoms with Crippen molar-refractivity contribution < 1.29 is 10.2 Å². The SMILES string of the molecule is C1CCNC1.CCN(CC)C(O)=S.NC(O)=S. The maximum Gasteiger partial charge on any atom is 0.256 e. The summed E-state index contributed by atoms with van der Waals surface area (Å²) in [6, 6.07) is 0. The van der Waals surface area contributed by atoms with Crippen molar-refractivity contribution in [1.29, 1.82) is 0 Å². The van der Waals surface area contributed by atoms with Crippen LogP contribution in [0.2, 0.25) is 0 Å². The van der Waals surface area contributed by atoms with Crippen molar-refractivity contribution in [3.8, 4) is 0 Å². The summed E-state index contributed by atoms with van der Waals surface area (Å²) in [4.78, 5) is 1.70. The summed E-state index contributed by atoms with van der Waals surface area (Å²) in [7, 11) is 0. The lowest BCUT2D eigenvalue weighted by atomic mass is 10.4. The van der Waals surface area contributed by atoms with Gasteiger partial charge < -0.3 is 26.2 Å². The van der Waals surface area contributed by atoms with Gasteiger partial charge in [-0.1, -0.05) is 0 Å². The van der Waals surface area contributed by atoms with Gasteiger partial charge in [-0.15, -0.1) is 0 Å². The number of aliphatic hydroxyl groups is 2. The Balaban J connectivity index is 0. The lowest BCUT2D eigenvalue weighted by Crippen LogP contribution is -2.28. The van der Waals surface area contributed by atoms with E-state index >= 15 is 0 Å². The van der Waals surface area contributed by atoms with Crippen LogP contribution < -0.4 is 11.1 Å². The molecule has 7 heteroatoms. The summed E-state index contributed by atoms with van der Waals surface area (Å²) in [6.45, 7) is 7.97. The van der Waals surface area contributed by atoms with Gasteiger partial charge in [0.05, 0.1) is 0 Å². The highest BCUT2D eigenvalue weighted by atomic mass is 32.1. The van der Waals surface area contributed by atoms with Gasteiger partial charge in [0.2, 0.25) is 0 Å². The summed E-state index contributed by atoms with van der Waals surface area (Å²) >= 11 is 8.37. The highest BCUT2D eigenvalue weighted by Gasteiger charge is 1.98. The summed E-state index contributed by atoms with van der Waals surface area (Å²) < 4.78 is 0. The highest BCUT2D eigenvalue weighted by Crippen LogP contribution is 1.90. The Labute approximate surface area is 114 Å². The van der Waals surface area contributed by atoms with E-state index in [4.69, 9.17) is 10.2 Å². The first-order valence-corrected chi connectivity index (χ1v) is 6.44. The van der Waals surface area contributed by atoms with Gasteiger partial charge in [-0.3, -0.25) is 0 Å². The van der Waals surface area contributed by atoms with Gasteiger partial charge in [0.25, 0.3) is 10.3 Å². The third-order valence-corrected chi connectivity index (χ3v) is 2.25. The topological polar surface area (TPSA) is 81.8 Å². The van der Waals surface area contributed by atoms with Crippen LogP contribution >= 0.6 is 24.4 Å². The number of hydrogen-bond donors (Lipinski definition) is 4. The normalized spacial score (nSPS) is 12.6. The Kier molecular flexibility index (Phi) is 14.7. The molecule has 0 aromatic heterocycles. The number of nitrogens with two attached hydrogens (primary N) is 1. The molecule has 102 valence electrons. The summed E-state index contributed by atoms with van der Waals surface area (Å²) in [6.07, 6.45) is 2.78. The fraction of sp³-hybridized carbons (Fsp3) is 0.800. The van der Waals surface area contributed by atoms with Crippen LogP contribution in [0.25, 0.3) is 0 Å². The monoisotopic (exact) mass is 281 g/mol. The van der Waals surface area contributed by atoms with Crippen molar-refractivity contribution in [3.63, 3.8) is 0 Å². The Morgan fingerprint density at radius 2 is 1.53 bits per heavy atom. The fourth-order valence-corrected chi connectivity index (χ4v) is 1.38. The Morgan fingerprint density at radius 3 is 1.59 bits per heavy atom. The molecule has 0 amide bonds. The standard InChI is InChI=1S/C5H11NOS.C4H9N.CH3NOS/c1-3-6(4-2)5(7)8;1-2-4-5-3-1;2-1(3)4/h3-4H2,1-2H3,(H,7,8);5H,1-4H2;(H3,2,3,4). The van der Waals surface area contributed by atoms with Crippen LogP contribution in [0.15, 0.2) is 0 Å². The predicted molar refractivity (Wildman–Crippen MR) is 79.7 cm³/mol. The molecule has 1 fully saturated rings. The van der Waals surface area contributed by atoms with Gasteiger partial charge in [-0.2, -0.15) is 0 Å². The van der Waals surface area contributed by atoms with Gasteiger partial charge in [-0.25, -0.2) is 0 Å². The van der Waals surface area contributed by atoms with E-state index in [0.717, 1.165) is 13.1 Å². The van der Waals surface area contributed by atoms with Gasteiger partial charge in [0.1, 0.15) is 0 Å².